The second-order valence-electron chi connectivity index (χ2n) is 9.68. The van der Waals surface area contributed by atoms with Gasteiger partial charge in [-0.15, -0.1) is 0 Å². The standard InChI is InChI=1S/C35H21N3O2/c1-2-10-22(11-3-1)25-13-5-6-15-28(25)34-36-33(37-35(38-34)32-20-23-12-4-8-16-29(23)39-32)24-18-19-27-26-14-7-9-17-30(26)40-31(27)21-24/h1-21H. The fourth-order valence-electron chi connectivity index (χ4n) is 5.24. The largest absolute Gasteiger partial charge is 0.456 e. The van der Waals surface area contributed by atoms with Crippen molar-refractivity contribution < 1.29 is 8.83 Å². The van der Waals surface area contributed by atoms with E-state index in [0.717, 1.165) is 55.2 Å². The summed E-state index contributed by atoms with van der Waals surface area (Å²) in [6, 6.07) is 42.5. The summed E-state index contributed by atoms with van der Waals surface area (Å²) in [5, 5.41) is 3.13. The third-order valence-corrected chi connectivity index (χ3v) is 7.17. The van der Waals surface area contributed by atoms with Gasteiger partial charge in [0.25, 0.3) is 0 Å². The Balaban J connectivity index is 1.36. The van der Waals surface area contributed by atoms with Crippen molar-refractivity contribution in [2.45, 2.75) is 0 Å². The first-order chi connectivity index (χ1) is 19.8. The molecule has 40 heavy (non-hydrogen) atoms. The van der Waals surface area contributed by atoms with Crippen LogP contribution in [0.4, 0.5) is 0 Å². The quantitative estimate of drug-likeness (QED) is 0.234. The molecule has 8 rings (SSSR count). The fourth-order valence-corrected chi connectivity index (χ4v) is 5.24. The summed E-state index contributed by atoms with van der Waals surface area (Å²) in [7, 11) is 0. The van der Waals surface area contributed by atoms with Gasteiger partial charge in [-0.2, -0.15) is 0 Å². The minimum Gasteiger partial charge on any atom is -0.456 e. The molecule has 188 valence electrons. The van der Waals surface area contributed by atoms with E-state index in [1.807, 2.05) is 97.1 Å². The van der Waals surface area contributed by atoms with E-state index in [0.29, 0.717) is 23.2 Å². The number of hydrogen-bond acceptors (Lipinski definition) is 5. The normalized spacial score (nSPS) is 11.5. The van der Waals surface area contributed by atoms with E-state index >= 15 is 0 Å². The molecule has 0 amide bonds. The van der Waals surface area contributed by atoms with Crippen LogP contribution in [-0.2, 0) is 0 Å². The molecule has 0 fully saturated rings. The van der Waals surface area contributed by atoms with Crippen LogP contribution in [0.5, 0.6) is 0 Å². The Morgan fingerprint density at radius 3 is 1.95 bits per heavy atom. The summed E-state index contributed by atoms with van der Waals surface area (Å²) < 4.78 is 12.4. The number of hydrogen-bond donors (Lipinski definition) is 0. The molecule has 0 radical (unpaired) electrons. The van der Waals surface area contributed by atoms with Crippen LogP contribution in [0, 0.1) is 0 Å². The molecular weight excluding hydrogens is 494 g/mol. The van der Waals surface area contributed by atoms with Gasteiger partial charge in [0.15, 0.2) is 23.2 Å². The molecule has 3 aromatic heterocycles. The number of rotatable bonds is 4. The van der Waals surface area contributed by atoms with Gasteiger partial charge in [-0.05, 0) is 41.5 Å². The molecule has 0 aliphatic carbocycles. The van der Waals surface area contributed by atoms with Gasteiger partial charge < -0.3 is 8.83 Å². The van der Waals surface area contributed by atoms with Gasteiger partial charge >= 0.3 is 0 Å². The van der Waals surface area contributed by atoms with Crippen LogP contribution in [0.25, 0.3) is 78.4 Å². The highest BCUT2D eigenvalue weighted by Crippen LogP contribution is 2.35. The summed E-state index contributed by atoms with van der Waals surface area (Å²) in [4.78, 5) is 14.8. The fraction of sp³-hybridized carbons (Fsp3) is 0. The Labute approximate surface area is 229 Å². The highest BCUT2D eigenvalue weighted by atomic mass is 16.3. The molecule has 5 aromatic carbocycles. The summed E-state index contributed by atoms with van der Waals surface area (Å²) in [6.07, 6.45) is 0. The Bertz CT molecular complexity index is 2140. The Kier molecular flexibility index (Phi) is 5.07. The van der Waals surface area contributed by atoms with Gasteiger partial charge in [0.2, 0.25) is 0 Å². The van der Waals surface area contributed by atoms with Crippen molar-refractivity contribution in [3.8, 4) is 45.5 Å². The Morgan fingerprint density at radius 1 is 0.400 bits per heavy atom. The molecule has 5 nitrogen and oxygen atoms in total. The molecule has 3 heterocycles. The smallest absolute Gasteiger partial charge is 0.199 e. The second-order valence-corrected chi connectivity index (χ2v) is 9.68. The molecule has 0 aliphatic rings. The van der Waals surface area contributed by atoms with Crippen LogP contribution in [0.3, 0.4) is 0 Å². The zero-order chi connectivity index (χ0) is 26.5. The van der Waals surface area contributed by atoms with Gasteiger partial charge in [0.05, 0.1) is 0 Å². The molecule has 0 bridgehead atoms. The third kappa shape index (κ3) is 3.76. The van der Waals surface area contributed by atoms with Crippen LogP contribution >= 0.6 is 0 Å². The third-order valence-electron chi connectivity index (χ3n) is 7.17. The minimum atomic E-state index is 0.476. The number of benzene rings is 5. The van der Waals surface area contributed by atoms with Gasteiger partial charge in [0, 0.05) is 27.3 Å². The van der Waals surface area contributed by atoms with Crippen molar-refractivity contribution in [2.24, 2.45) is 0 Å². The van der Waals surface area contributed by atoms with Crippen molar-refractivity contribution in [3.63, 3.8) is 0 Å². The number of furan rings is 2. The maximum Gasteiger partial charge on any atom is 0.199 e. The first kappa shape index (κ1) is 22.4. The minimum absolute atomic E-state index is 0.476. The molecule has 0 saturated heterocycles. The molecule has 5 heteroatoms. The summed E-state index contributed by atoms with van der Waals surface area (Å²) in [6.45, 7) is 0. The van der Waals surface area contributed by atoms with E-state index in [1.165, 1.54) is 0 Å². The van der Waals surface area contributed by atoms with Crippen LogP contribution < -0.4 is 0 Å². The monoisotopic (exact) mass is 515 g/mol. The SMILES string of the molecule is c1ccc(-c2ccccc2-c2nc(-c3ccc4c(c3)oc3ccccc34)nc(-c3cc4ccccc4o3)n2)cc1. The lowest BCUT2D eigenvalue weighted by Gasteiger charge is -2.11. The van der Waals surface area contributed by atoms with Gasteiger partial charge in [0.1, 0.15) is 16.7 Å². The maximum absolute atomic E-state index is 6.19. The van der Waals surface area contributed by atoms with Crippen molar-refractivity contribution in [1.29, 1.82) is 0 Å². The predicted molar refractivity (Wildman–Crippen MR) is 159 cm³/mol. The lowest BCUT2D eigenvalue weighted by Crippen LogP contribution is -2.00. The van der Waals surface area contributed by atoms with Crippen LogP contribution in [0.1, 0.15) is 0 Å². The maximum atomic E-state index is 6.19. The molecule has 0 N–H and O–H groups in total. The van der Waals surface area contributed by atoms with E-state index in [-0.39, 0.29) is 0 Å². The number of nitrogens with zero attached hydrogens (tertiary/aromatic N) is 3. The molecule has 8 aromatic rings. The molecule has 0 unspecified atom stereocenters. The van der Waals surface area contributed by atoms with Gasteiger partial charge in [-0.3, -0.25) is 0 Å². The molecule has 0 spiro atoms. The van der Waals surface area contributed by atoms with Crippen molar-refractivity contribution in [1.82, 2.24) is 15.0 Å². The molecule has 0 saturated carbocycles. The lowest BCUT2D eigenvalue weighted by atomic mass is 9.99. The first-order valence-electron chi connectivity index (χ1n) is 13.1. The average Bonchev–Trinajstić information content (AvgIpc) is 3.63. The highest BCUT2D eigenvalue weighted by Gasteiger charge is 2.18. The van der Waals surface area contributed by atoms with E-state index in [2.05, 4.69) is 30.3 Å². The molecular formula is C35H21N3O2. The van der Waals surface area contributed by atoms with E-state index in [4.69, 9.17) is 23.8 Å². The lowest BCUT2D eigenvalue weighted by molar-refractivity contribution is 0.625. The van der Waals surface area contributed by atoms with Crippen LogP contribution in [0.2, 0.25) is 0 Å². The van der Waals surface area contributed by atoms with Crippen molar-refractivity contribution in [2.75, 3.05) is 0 Å². The van der Waals surface area contributed by atoms with E-state index < -0.39 is 0 Å². The van der Waals surface area contributed by atoms with Gasteiger partial charge in [-0.1, -0.05) is 97.1 Å². The summed E-state index contributed by atoms with van der Waals surface area (Å²) in [5.41, 5.74) is 6.32. The van der Waals surface area contributed by atoms with Crippen LogP contribution in [-0.4, -0.2) is 15.0 Å². The van der Waals surface area contributed by atoms with Crippen molar-refractivity contribution >= 4 is 32.9 Å². The van der Waals surface area contributed by atoms with Gasteiger partial charge in [-0.25, -0.2) is 15.0 Å². The van der Waals surface area contributed by atoms with Crippen LogP contribution in [0.15, 0.2) is 136 Å². The zero-order valence-electron chi connectivity index (χ0n) is 21.3. The highest BCUT2D eigenvalue weighted by molar-refractivity contribution is 6.05. The topological polar surface area (TPSA) is 65.0 Å². The number of fused-ring (bicyclic) bond motifs is 4. The second kappa shape index (κ2) is 9.03. The molecule has 0 atom stereocenters. The van der Waals surface area contributed by atoms with E-state index in [1.54, 1.807) is 0 Å². The van der Waals surface area contributed by atoms with E-state index in [9.17, 15) is 0 Å². The summed E-state index contributed by atoms with van der Waals surface area (Å²) >= 11 is 0. The zero-order valence-corrected chi connectivity index (χ0v) is 21.3. The number of aromatic nitrogens is 3. The first-order valence-corrected chi connectivity index (χ1v) is 13.1. The predicted octanol–water partition coefficient (Wildman–Crippen LogP) is 9.19. The number of para-hydroxylation sites is 2. The summed E-state index contributed by atoms with van der Waals surface area (Å²) in [5.74, 6) is 2.19. The Morgan fingerprint density at radius 2 is 1.07 bits per heavy atom. The molecule has 0 aliphatic heterocycles. The Hall–Kier alpha value is -5.55. The average molecular weight is 516 g/mol. The van der Waals surface area contributed by atoms with Crippen molar-refractivity contribution in [3.05, 3.63) is 127 Å².